The van der Waals surface area contributed by atoms with Crippen molar-refractivity contribution in [1.29, 1.82) is 0 Å². The third-order valence-electron chi connectivity index (χ3n) is 5.51. The van der Waals surface area contributed by atoms with Crippen LogP contribution in [0.1, 0.15) is 43.4 Å². The normalized spacial score (nSPS) is 11.6. The van der Waals surface area contributed by atoms with Gasteiger partial charge in [0.05, 0.1) is 40.3 Å². The van der Waals surface area contributed by atoms with E-state index in [2.05, 4.69) is 15.4 Å². The topological polar surface area (TPSA) is 103 Å². The highest BCUT2D eigenvalue weighted by Gasteiger charge is 2.30. The molecule has 4 rings (SSSR count). The van der Waals surface area contributed by atoms with Gasteiger partial charge >= 0.3 is 6.18 Å². The van der Waals surface area contributed by atoms with Gasteiger partial charge in [-0.2, -0.15) is 18.3 Å². The van der Waals surface area contributed by atoms with Crippen molar-refractivity contribution in [1.82, 2.24) is 14.8 Å². The number of amides is 2. The molecule has 0 aliphatic rings. The Balaban J connectivity index is 1.65. The second-order valence-corrected chi connectivity index (χ2v) is 7.91. The second kappa shape index (κ2) is 8.82. The molecule has 0 spiro atoms. The average Bonchev–Trinajstić information content (AvgIpc) is 3.05. The van der Waals surface area contributed by atoms with E-state index in [9.17, 15) is 27.2 Å². The highest BCUT2D eigenvalue weighted by molar-refractivity contribution is 6.14. The molecular formula is C24H19F4N5O2. The Kier molecular flexibility index (Phi) is 6.01. The largest absolute Gasteiger partial charge is 0.416 e. The van der Waals surface area contributed by atoms with Crippen LogP contribution >= 0.6 is 0 Å². The maximum atomic E-state index is 14.6. The van der Waals surface area contributed by atoms with Gasteiger partial charge < -0.3 is 11.1 Å². The highest BCUT2D eigenvalue weighted by Crippen LogP contribution is 2.30. The van der Waals surface area contributed by atoms with E-state index in [1.807, 2.05) is 0 Å². The van der Waals surface area contributed by atoms with E-state index in [4.69, 9.17) is 5.73 Å². The van der Waals surface area contributed by atoms with Gasteiger partial charge in [-0.1, -0.05) is 18.2 Å². The fourth-order valence-corrected chi connectivity index (χ4v) is 3.73. The Morgan fingerprint density at radius 1 is 1.09 bits per heavy atom. The predicted octanol–water partition coefficient (Wildman–Crippen LogP) is 4.61. The lowest BCUT2D eigenvalue weighted by molar-refractivity contribution is -0.137. The molecule has 0 radical (unpaired) electrons. The van der Waals surface area contributed by atoms with Crippen LogP contribution < -0.4 is 11.1 Å². The maximum Gasteiger partial charge on any atom is 0.416 e. The standard InChI is InChI=1S/C24H19F4N5O2/c1-12-21(13(2)33(32-12)11-14-6-8-15(9-7-14)24(26,27)28)31-23(35)16-10-19(22(29)34)30-18-5-3-4-17(25)20(16)18/h3-10H,11H2,1-2H3,(H2,29,34)(H,31,35). The molecule has 0 saturated heterocycles. The molecule has 4 aromatic rings. The minimum Gasteiger partial charge on any atom is -0.364 e. The molecule has 2 heterocycles. The Morgan fingerprint density at radius 3 is 2.40 bits per heavy atom. The molecule has 2 aromatic carbocycles. The van der Waals surface area contributed by atoms with Gasteiger partial charge in [0.2, 0.25) is 0 Å². The number of nitrogens with one attached hydrogen (secondary N) is 1. The number of nitrogens with two attached hydrogens (primary N) is 1. The van der Waals surface area contributed by atoms with Crippen LogP contribution in [-0.2, 0) is 12.7 Å². The zero-order valence-corrected chi connectivity index (χ0v) is 18.6. The van der Waals surface area contributed by atoms with Gasteiger partial charge in [0.1, 0.15) is 11.5 Å². The Bertz CT molecular complexity index is 1460. The average molecular weight is 485 g/mol. The minimum atomic E-state index is -4.43. The number of alkyl halides is 3. The third-order valence-corrected chi connectivity index (χ3v) is 5.51. The van der Waals surface area contributed by atoms with Crippen LogP contribution in [0.15, 0.2) is 48.5 Å². The fraction of sp³-hybridized carbons (Fsp3) is 0.167. The number of aryl methyl sites for hydroxylation is 1. The van der Waals surface area contributed by atoms with Crippen LogP contribution in [0.4, 0.5) is 23.2 Å². The van der Waals surface area contributed by atoms with Crippen LogP contribution in [0, 0.1) is 19.7 Å². The molecule has 0 saturated carbocycles. The maximum absolute atomic E-state index is 14.6. The van der Waals surface area contributed by atoms with Crippen LogP contribution in [0.2, 0.25) is 0 Å². The first kappa shape index (κ1) is 23.9. The van der Waals surface area contributed by atoms with E-state index in [0.717, 1.165) is 18.2 Å². The molecule has 2 amide bonds. The molecular weight excluding hydrogens is 466 g/mol. The summed E-state index contributed by atoms with van der Waals surface area (Å²) in [6, 6.07) is 9.84. The van der Waals surface area contributed by atoms with Crippen molar-refractivity contribution >= 4 is 28.4 Å². The van der Waals surface area contributed by atoms with Gasteiger partial charge in [-0.15, -0.1) is 0 Å². The molecule has 0 fully saturated rings. The number of carbonyl (C=O) groups is 2. The molecule has 7 nitrogen and oxygen atoms in total. The van der Waals surface area contributed by atoms with Gasteiger partial charge in [-0.05, 0) is 49.7 Å². The summed E-state index contributed by atoms with van der Waals surface area (Å²) >= 11 is 0. The highest BCUT2D eigenvalue weighted by atomic mass is 19.4. The summed E-state index contributed by atoms with van der Waals surface area (Å²) in [7, 11) is 0. The summed E-state index contributed by atoms with van der Waals surface area (Å²) < 4.78 is 54.5. The fourth-order valence-electron chi connectivity index (χ4n) is 3.73. The molecule has 3 N–H and O–H groups in total. The summed E-state index contributed by atoms with van der Waals surface area (Å²) in [5, 5.41) is 7.00. The van der Waals surface area contributed by atoms with E-state index in [1.54, 1.807) is 13.8 Å². The second-order valence-electron chi connectivity index (χ2n) is 7.91. The van der Waals surface area contributed by atoms with E-state index >= 15 is 0 Å². The van der Waals surface area contributed by atoms with E-state index < -0.39 is 29.4 Å². The van der Waals surface area contributed by atoms with Crippen molar-refractivity contribution in [2.24, 2.45) is 5.73 Å². The van der Waals surface area contributed by atoms with Gasteiger partial charge in [-0.25, -0.2) is 9.37 Å². The summed E-state index contributed by atoms with van der Waals surface area (Å²) in [5.41, 5.74) is 6.24. The van der Waals surface area contributed by atoms with Crippen molar-refractivity contribution in [2.45, 2.75) is 26.6 Å². The number of hydrogen-bond acceptors (Lipinski definition) is 4. The number of rotatable bonds is 5. The number of aromatic nitrogens is 3. The molecule has 35 heavy (non-hydrogen) atoms. The Labute approximate surface area is 196 Å². The first-order valence-corrected chi connectivity index (χ1v) is 10.4. The number of pyridine rings is 1. The van der Waals surface area contributed by atoms with Crippen LogP contribution in [0.5, 0.6) is 0 Å². The number of benzene rings is 2. The minimum absolute atomic E-state index is 0.0672. The van der Waals surface area contributed by atoms with Crippen molar-refractivity contribution in [3.8, 4) is 0 Å². The van der Waals surface area contributed by atoms with Crippen LogP contribution in [-0.4, -0.2) is 26.6 Å². The number of primary amides is 1. The summed E-state index contributed by atoms with van der Waals surface area (Å²) in [5.74, 6) is -2.27. The van der Waals surface area contributed by atoms with Crippen molar-refractivity contribution in [2.75, 3.05) is 5.32 Å². The third kappa shape index (κ3) is 4.70. The predicted molar refractivity (Wildman–Crippen MR) is 120 cm³/mol. The van der Waals surface area contributed by atoms with Crippen molar-refractivity contribution in [3.05, 3.63) is 88.1 Å². The smallest absolute Gasteiger partial charge is 0.364 e. The summed E-state index contributed by atoms with van der Waals surface area (Å²) in [6.07, 6.45) is -4.43. The number of nitrogens with zero attached hydrogens (tertiary/aromatic N) is 3. The van der Waals surface area contributed by atoms with Crippen LogP contribution in [0.25, 0.3) is 10.9 Å². The number of anilines is 1. The van der Waals surface area contributed by atoms with Gasteiger partial charge in [0, 0.05) is 5.39 Å². The molecule has 11 heteroatoms. The SMILES string of the molecule is Cc1nn(Cc2ccc(C(F)(F)F)cc2)c(C)c1NC(=O)c1cc(C(N)=O)nc2cccc(F)c12. The number of halogens is 4. The van der Waals surface area contributed by atoms with E-state index in [0.29, 0.717) is 22.6 Å². The Hall–Kier alpha value is -4.28. The molecule has 0 bridgehead atoms. The summed E-state index contributed by atoms with van der Waals surface area (Å²) in [4.78, 5) is 28.9. The lowest BCUT2D eigenvalue weighted by Crippen LogP contribution is -2.18. The zero-order chi connectivity index (χ0) is 25.5. The van der Waals surface area contributed by atoms with E-state index in [1.165, 1.54) is 35.0 Å². The molecule has 2 aromatic heterocycles. The van der Waals surface area contributed by atoms with Gasteiger partial charge in [-0.3, -0.25) is 14.3 Å². The Morgan fingerprint density at radius 2 is 1.77 bits per heavy atom. The summed E-state index contributed by atoms with van der Waals surface area (Å²) in [6.45, 7) is 3.49. The monoisotopic (exact) mass is 485 g/mol. The molecule has 0 aliphatic carbocycles. The molecule has 0 aliphatic heterocycles. The van der Waals surface area contributed by atoms with Gasteiger partial charge in [0.15, 0.2) is 0 Å². The first-order chi connectivity index (χ1) is 16.5. The first-order valence-electron chi connectivity index (χ1n) is 10.4. The zero-order valence-electron chi connectivity index (χ0n) is 18.6. The molecule has 180 valence electrons. The lowest BCUT2D eigenvalue weighted by Gasteiger charge is -2.11. The number of carbonyl (C=O) groups excluding carboxylic acids is 2. The number of fused-ring (bicyclic) bond motifs is 1. The van der Waals surface area contributed by atoms with Crippen LogP contribution in [0.3, 0.4) is 0 Å². The number of hydrogen-bond donors (Lipinski definition) is 2. The quantitative estimate of drug-likeness (QED) is 0.403. The lowest BCUT2D eigenvalue weighted by atomic mass is 10.1. The van der Waals surface area contributed by atoms with Gasteiger partial charge in [0.25, 0.3) is 11.8 Å². The van der Waals surface area contributed by atoms with Crippen molar-refractivity contribution in [3.63, 3.8) is 0 Å². The van der Waals surface area contributed by atoms with Crippen molar-refractivity contribution < 1.29 is 27.2 Å². The van der Waals surface area contributed by atoms with E-state index in [-0.39, 0.29) is 28.7 Å². The molecule has 0 unspecified atom stereocenters. The molecule has 0 atom stereocenters.